The van der Waals surface area contributed by atoms with E-state index in [1.54, 1.807) is 7.05 Å². The van der Waals surface area contributed by atoms with Gasteiger partial charge in [-0.2, -0.15) is 0 Å². The highest BCUT2D eigenvalue weighted by Crippen LogP contribution is 2.12. The first kappa shape index (κ1) is 17.6. The van der Waals surface area contributed by atoms with E-state index in [0.717, 1.165) is 44.2 Å². The zero-order valence-electron chi connectivity index (χ0n) is 14.5. The fourth-order valence-corrected chi connectivity index (χ4v) is 2.64. The van der Waals surface area contributed by atoms with Gasteiger partial charge in [-0.3, -0.25) is 4.99 Å². The Kier molecular flexibility index (Phi) is 7.20. The van der Waals surface area contributed by atoms with Crippen molar-refractivity contribution in [2.45, 2.75) is 38.8 Å². The largest absolute Gasteiger partial charge is 0.380 e. The minimum Gasteiger partial charge on any atom is -0.380 e. The van der Waals surface area contributed by atoms with Crippen LogP contribution in [0.2, 0.25) is 0 Å². The van der Waals surface area contributed by atoms with Gasteiger partial charge in [-0.25, -0.2) is 0 Å². The van der Waals surface area contributed by atoms with Gasteiger partial charge in [0.15, 0.2) is 5.96 Å². The maximum Gasteiger partial charge on any atom is 0.191 e. The molecule has 128 valence electrons. The third-order valence-electron chi connectivity index (χ3n) is 4.16. The molecule has 5 nitrogen and oxygen atoms in total. The lowest BCUT2D eigenvalue weighted by molar-refractivity contribution is 0.114. The summed E-state index contributed by atoms with van der Waals surface area (Å²) in [4.78, 5) is 4.30. The molecule has 0 aliphatic carbocycles. The molecular weight excluding hydrogens is 288 g/mol. The molecule has 1 aliphatic heterocycles. The van der Waals surface area contributed by atoms with Gasteiger partial charge in [0, 0.05) is 38.5 Å². The van der Waals surface area contributed by atoms with Gasteiger partial charge in [-0.15, -0.1) is 0 Å². The first-order valence-corrected chi connectivity index (χ1v) is 8.56. The van der Waals surface area contributed by atoms with Gasteiger partial charge in [0.25, 0.3) is 0 Å². The molecule has 1 aromatic rings. The number of benzene rings is 1. The molecule has 1 heterocycles. The number of nitrogens with one attached hydrogen (secondary N) is 3. The van der Waals surface area contributed by atoms with Crippen molar-refractivity contribution < 1.29 is 4.74 Å². The van der Waals surface area contributed by atoms with E-state index in [2.05, 4.69) is 59.1 Å². The average molecular weight is 318 g/mol. The van der Waals surface area contributed by atoms with Crippen LogP contribution >= 0.6 is 0 Å². The van der Waals surface area contributed by atoms with Gasteiger partial charge in [0.1, 0.15) is 0 Å². The van der Waals surface area contributed by atoms with Crippen molar-refractivity contribution in [1.82, 2.24) is 10.6 Å². The summed E-state index contributed by atoms with van der Waals surface area (Å²) in [7, 11) is 1.81. The molecule has 1 fully saturated rings. The van der Waals surface area contributed by atoms with Crippen molar-refractivity contribution in [1.29, 1.82) is 0 Å². The van der Waals surface area contributed by atoms with Crippen LogP contribution in [0.5, 0.6) is 0 Å². The normalized spacial score (nSPS) is 19.7. The molecule has 0 spiro atoms. The fraction of sp³-hybridized carbons (Fsp3) is 0.611. The van der Waals surface area contributed by atoms with Gasteiger partial charge in [0.2, 0.25) is 0 Å². The third kappa shape index (κ3) is 6.10. The Hall–Kier alpha value is -1.75. The van der Waals surface area contributed by atoms with E-state index in [4.69, 9.17) is 4.74 Å². The summed E-state index contributed by atoms with van der Waals surface area (Å²) in [5.41, 5.74) is 1.15. The molecular formula is C18H30N4O. The Bertz CT molecular complexity index is 469. The topological polar surface area (TPSA) is 57.7 Å². The predicted octanol–water partition coefficient (Wildman–Crippen LogP) is 2.47. The Balaban J connectivity index is 1.79. The SMILES string of the molecule is CN=C(NCC1CCCO1)NCC(Nc1ccccc1)C(C)C. The van der Waals surface area contributed by atoms with Crippen LogP contribution in [-0.2, 0) is 4.74 Å². The Morgan fingerprint density at radius 3 is 2.65 bits per heavy atom. The summed E-state index contributed by atoms with van der Waals surface area (Å²) in [5.74, 6) is 1.35. The fourth-order valence-electron chi connectivity index (χ4n) is 2.64. The van der Waals surface area contributed by atoms with Crippen molar-refractivity contribution in [2.75, 3.05) is 32.1 Å². The number of rotatable bonds is 7. The number of nitrogens with zero attached hydrogens (tertiary/aromatic N) is 1. The van der Waals surface area contributed by atoms with Crippen LogP contribution in [0.15, 0.2) is 35.3 Å². The molecule has 0 bridgehead atoms. The van der Waals surface area contributed by atoms with Crippen LogP contribution in [0, 0.1) is 5.92 Å². The molecule has 23 heavy (non-hydrogen) atoms. The van der Waals surface area contributed by atoms with E-state index in [0.29, 0.717) is 18.1 Å². The second kappa shape index (κ2) is 9.40. The summed E-state index contributed by atoms with van der Waals surface area (Å²) in [6.07, 6.45) is 2.61. The zero-order valence-corrected chi connectivity index (χ0v) is 14.5. The van der Waals surface area contributed by atoms with E-state index in [9.17, 15) is 0 Å². The molecule has 1 aromatic carbocycles. The average Bonchev–Trinajstić information content (AvgIpc) is 3.08. The molecule has 1 aliphatic rings. The van der Waals surface area contributed by atoms with Crippen molar-refractivity contribution in [3.05, 3.63) is 30.3 Å². The highest BCUT2D eigenvalue weighted by Gasteiger charge is 2.17. The molecule has 3 N–H and O–H groups in total. The van der Waals surface area contributed by atoms with E-state index in [1.165, 1.54) is 0 Å². The van der Waals surface area contributed by atoms with Gasteiger partial charge in [-0.1, -0.05) is 32.0 Å². The Labute approximate surface area is 139 Å². The molecule has 2 atom stereocenters. The lowest BCUT2D eigenvalue weighted by atomic mass is 10.0. The molecule has 0 amide bonds. The smallest absolute Gasteiger partial charge is 0.191 e. The van der Waals surface area contributed by atoms with Crippen LogP contribution in [0.25, 0.3) is 0 Å². The van der Waals surface area contributed by atoms with Crippen LogP contribution in [0.4, 0.5) is 5.69 Å². The maximum atomic E-state index is 5.63. The van der Waals surface area contributed by atoms with Crippen LogP contribution in [-0.4, -0.2) is 44.8 Å². The van der Waals surface area contributed by atoms with Crippen LogP contribution < -0.4 is 16.0 Å². The molecule has 2 unspecified atom stereocenters. The molecule has 1 saturated heterocycles. The lowest BCUT2D eigenvalue weighted by Gasteiger charge is -2.25. The van der Waals surface area contributed by atoms with Gasteiger partial charge in [-0.05, 0) is 30.9 Å². The van der Waals surface area contributed by atoms with Crippen molar-refractivity contribution >= 4 is 11.6 Å². The number of anilines is 1. The Morgan fingerprint density at radius 2 is 2.04 bits per heavy atom. The summed E-state index contributed by atoms with van der Waals surface area (Å²) in [6, 6.07) is 10.7. The quantitative estimate of drug-likeness (QED) is 0.534. The van der Waals surface area contributed by atoms with Crippen LogP contribution in [0.3, 0.4) is 0 Å². The number of hydrogen-bond donors (Lipinski definition) is 3. The van der Waals surface area contributed by atoms with Crippen molar-refractivity contribution in [3.63, 3.8) is 0 Å². The van der Waals surface area contributed by atoms with Crippen LogP contribution in [0.1, 0.15) is 26.7 Å². The second-order valence-corrected chi connectivity index (χ2v) is 6.33. The summed E-state index contributed by atoms with van der Waals surface area (Å²) in [6.45, 7) is 6.97. The number of aliphatic imine (C=N–C) groups is 1. The summed E-state index contributed by atoms with van der Waals surface area (Å²) in [5, 5.41) is 10.4. The van der Waals surface area contributed by atoms with Crippen molar-refractivity contribution in [2.24, 2.45) is 10.9 Å². The first-order valence-electron chi connectivity index (χ1n) is 8.56. The highest BCUT2D eigenvalue weighted by molar-refractivity contribution is 5.79. The minimum absolute atomic E-state index is 0.317. The predicted molar refractivity (Wildman–Crippen MR) is 97.0 cm³/mol. The first-order chi connectivity index (χ1) is 11.2. The molecule has 0 saturated carbocycles. The standard InChI is InChI=1S/C18H30N4O/c1-14(2)17(22-15-8-5-4-6-9-15)13-21-18(19-3)20-12-16-10-7-11-23-16/h4-6,8-9,14,16-17,22H,7,10-13H2,1-3H3,(H2,19,20,21). The van der Waals surface area contributed by atoms with E-state index >= 15 is 0 Å². The second-order valence-electron chi connectivity index (χ2n) is 6.33. The molecule has 5 heteroatoms. The minimum atomic E-state index is 0.317. The molecule has 0 radical (unpaired) electrons. The zero-order chi connectivity index (χ0) is 16.5. The van der Waals surface area contributed by atoms with Crippen molar-refractivity contribution in [3.8, 4) is 0 Å². The van der Waals surface area contributed by atoms with Gasteiger partial charge in [0.05, 0.1) is 6.10 Å². The van der Waals surface area contributed by atoms with E-state index < -0.39 is 0 Å². The maximum absolute atomic E-state index is 5.63. The van der Waals surface area contributed by atoms with E-state index in [1.807, 2.05) is 6.07 Å². The monoisotopic (exact) mass is 318 g/mol. The highest BCUT2D eigenvalue weighted by atomic mass is 16.5. The number of para-hydroxylation sites is 1. The Morgan fingerprint density at radius 1 is 1.26 bits per heavy atom. The van der Waals surface area contributed by atoms with Gasteiger partial charge >= 0.3 is 0 Å². The van der Waals surface area contributed by atoms with E-state index in [-0.39, 0.29) is 0 Å². The summed E-state index contributed by atoms with van der Waals surface area (Å²) < 4.78 is 5.63. The number of ether oxygens (including phenoxy) is 1. The number of guanidine groups is 1. The molecule has 2 rings (SSSR count). The summed E-state index contributed by atoms with van der Waals surface area (Å²) >= 11 is 0. The lowest BCUT2D eigenvalue weighted by Crippen LogP contribution is -2.46. The number of hydrogen-bond acceptors (Lipinski definition) is 3. The van der Waals surface area contributed by atoms with Gasteiger partial charge < -0.3 is 20.7 Å². The third-order valence-corrected chi connectivity index (χ3v) is 4.16. The molecule has 0 aromatic heterocycles.